The van der Waals surface area contributed by atoms with Crippen LogP contribution in [0.1, 0.15) is 0 Å². The predicted octanol–water partition coefficient (Wildman–Crippen LogP) is -0.0930. The zero-order valence-corrected chi connectivity index (χ0v) is 8.30. The van der Waals surface area contributed by atoms with Crippen LogP contribution in [0.3, 0.4) is 0 Å². The first-order chi connectivity index (χ1) is 6.83. The van der Waals surface area contributed by atoms with Crippen LogP contribution in [0.4, 0.5) is 0 Å². The highest BCUT2D eigenvalue weighted by molar-refractivity contribution is 4.78. The average molecular weight is 200 g/mol. The van der Waals surface area contributed by atoms with Crippen molar-refractivity contribution < 1.29 is 14.6 Å². The van der Waals surface area contributed by atoms with Crippen molar-refractivity contribution in [1.29, 1.82) is 0 Å². The summed E-state index contributed by atoms with van der Waals surface area (Å²) in [5.41, 5.74) is 0. The summed E-state index contributed by atoms with van der Waals surface area (Å²) >= 11 is 0. The van der Waals surface area contributed by atoms with E-state index >= 15 is 0 Å². The molecule has 5 heteroatoms. The van der Waals surface area contributed by atoms with Gasteiger partial charge in [0.1, 0.15) is 0 Å². The van der Waals surface area contributed by atoms with E-state index in [2.05, 4.69) is 5.10 Å². The van der Waals surface area contributed by atoms with Crippen LogP contribution < -0.4 is 0 Å². The summed E-state index contributed by atoms with van der Waals surface area (Å²) in [7, 11) is 1.61. The first-order valence-corrected chi connectivity index (χ1v) is 4.55. The molecule has 0 amide bonds. The number of methoxy groups -OCH3 is 1. The van der Waals surface area contributed by atoms with Crippen LogP contribution in [0, 0.1) is 0 Å². The molecule has 0 aliphatic rings. The molecule has 0 saturated heterocycles. The molecule has 80 valence electrons. The summed E-state index contributed by atoms with van der Waals surface area (Å²) < 4.78 is 11.6. The van der Waals surface area contributed by atoms with Crippen molar-refractivity contribution in [3.05, 3.63) is 18.5 Å². The molecule has 0 saturated carbocycles. The Bertz CT molecular complexity index is 226. The predicted molar refractivity (Wildman–Crippen MR) is 50.9 cm³/mol. The van der Waals surface area contributed by atoms with Gasteiger partial charge in [-0.15, -0.1) is 0 Å². The van der Waals surface area contributed by atoms with Gasteiger partial charge in [-0.1, -0.05) is 0 Å². The van der Waals surface area contributed by atoms with E-state index in [9.17, 15) is 5.11 Å². The highest BCUT2D eigenvalue weighted by Crippen LogP contribution is 1.92. The van der Waals surface area contributed by atoms with Gasteiger partial charge in [-0.25, -0.2) is 0 Å². The van der Waals surface area contributed by atoms with Crippen molar-refractivity contribution in [3.8, 4) is 0 Å². The molecule has 14 heavy (non-hydrogen) atoms. The summed E-state index contributed by atoms with van der Waals surface area (Å²) in [6, 6.07) is 1.82. The summed E-state index contributed by atoms with van der Waals surface area (Å²) in [5.74, 6) is 0. The Morgan fingerprint density at radius 1 is 1.50 bits per heavy atom. The smallest absolute Gasteiger partial charge is 0.0968 e. The monoisotopic (exact) mass is 200 g/mol. The number of aliphatic hydroxyl groups is 1. The second-order valence-corrected chi connectivity index (χ2v) is 2.95. The topological polar surface area (TPSA) is 56.5 Å². The Kier molecular flexibility index (Phi) is 5.21. The maximum Gasteiger partial charge on any atom is 0.0968 e. The molecule has 0 bridgehead atoms. The van der Waals surface area contributed by atoms with E-state index < -0.39 is 6.10 Å². The van der Waals surface area contributed by atoms with Crippen molar-refractivity contribution in [3.63, 3.8) is 0 Å². The molecule has 0 aromatic carbocycles. The minimum Gasteiger partial charge on any atom is -0.389 e. The molecule has 1 heterocycles. The largest absolute Gasteiger partial charge is 0.389 e. The van der Waals surface area contributed by atoms with Gasteiger partial charge in [0.25, 0.3) is 0 Å². The van der Waals surface area contributed by atoms with E-state index in [0.29, 0.717) is 26.4 Å². The van der Waals surface area contributed by atoms with Crippen LogP contribution >= 0.6 is 0 Å². The van der Waals surface area contributed by atoms with Gasteiger partial charge in [0.2, 0.25) is 0 Å². The second kappa shape index (κ2) is 6.53. The summed E-state index contributed by atoms with van der Waals surface area (Å²) in [6.45, 7) is 1.82. The minimum atomic E-state index is -0.522. The lowest BCUT2D eigenvalue weighted by Gasteiger charge is -2.10. The van der Waals surface area contributed by atoms with E-state index in [1.165, 1.54) is 0 Å². The van der Waals surface area contributed by atoms with Crippen LogP contribution in [0.2, 0.25) is 0 Å². The van der Waals surface area contributed by atoms with Crippen LogP contribution in [0.15, 0.2) is 18.5 Å². The van der Waals surface area contributed by atoms with E-state index in [0.717, 1.165) is 0 Å². The molecule has 1 N–H and O–H groups in total. The third-order valence-electron chi connectivity index (χ3n) is 1.70. The number of hydrogen-bond acceptors (Lipinski definition) is 4. The van der Waals surface area contributed by atoms with E-state index in [1.807, 2.05) is 6.07 Å². The molecule has 0 aliphatic carbocycles. The van der Waals surface area contributed by atoms with Gasteiger partial charge in [0.05, 0.1) is 32.5 Å². The maximum atomic E-state index is 9.49. The van der Waals surface area contributed by atoms with E-state index in [1.54, 1.807) is 24.2 Å². The minimum absolute atomic E-state index is 0.309. The van der Waals surface area contributed by atoms with Gasteiger partial charge in [-0.3, -0.25) is 4.68 Å². The van der Waals surface area contributed by atoms with E-state index in [4.69, 9.17) is 9.47 Å². The fourth-order valence-corrected chi connectivity index (χ4v) is 1.04. The summed E-state index contributed by atoms with van der Waals surface area (Å²) in [6.07, 6.45) is 2.96. The molecule has 0 aliphatic heterocycles. The highest BCUT2D eigenvalue weighted by atomic mass is 16.5. The molecule has 0 spiro atoms. The molecule has 5 nitrogen and oxygen atoms in total. The SMILES string of the molecule is COCCOCC(O)Cn1cccn1. The van der Waals surface area contributed by atoms with Crippen molar-refractivity contribution >= 4 is 0 Å². The average Bonchev–Trinajstić information content (AvgIpc) is 2.65. The highest BCUT2D eigenvalue weighted by Gasteiger charge is 2.04. The van der Waals surface area contributed by atoms with Gasteiger partial charge in [0.15, 0.2) is 0 Å². The molecule has 1 rings (SSSR count). The lowest BCUT2D eigenvalue weighted by Crippen LogP contribution is -2.23. The fraction of sp³-hybridized carbons (Fsp3) is 0.667. The molecule has 1 unspecified atom stereocenters. The standard InChI is InChI=1S/C9H16N2O3/c1-13-5-6-14-8-9(12)7-11-4-2-3-10-11/h2-4,9,12H,5-8H2,1H3. The number of hydrogen-bond donors (Lipinski definition) is 1. The molecule has 0 fully saturated rings. The number of aromatic nitrogens is 2. The molecule has 1 atom stereocenters. The molecule has 1 aromatic rings. The Balaban J connectivity index is 2.07. The summed E-state index contributed by atoms with van der Waals surface area (Å²) in [5, 5.41) is 13.5. The fourth-order valence-electron chi connectivity index (χ4n) is 1.04. The Morgan fingerprint density at radius 2 is 2.36 bits per heavy atom. The summed E-state index contributed by atoms with van der Waals surface area (Å²) in [4.78, 5) is 0. The van der Waals surface area contributed by atoms with Crippen LogP contribution in [-0.2, 0) is 16.0 Å². The quantitative estimate of drug-likeness (QED) is 0.625. The van der Waals surface area contributed by atoms with Crippen molar-refractivity contribution in [2.75, 3.05) is 26.9 Å². The first kappa shape index (κ1) is 11.2. The van der Waals surface area contributed by atoms with Gasteiger partial charge in [-0.05, 0) is 6.07 Å². The molecular formula is C9H16N2O3. The molecular weight excluding hydrogens is 184 g/mol. The van der Waals surface area contributed by atoms with Gasteiger partial charge >= 0.3 is 0 Å². The van der Waals surface area contributed by atoms with Crippen LogP contribution in [-0.4, -0.2) is 47.9 Å². The number of nitrogens with zero attached hydrogens (tertiary/aromatic N) is 2. The Hall–Kier alpha value is -0.910. The van der Waals surface area contributed by atoms with Crippen molar-refractivity contribution in [1.82, 2.24) is 9.78 Å². The number of aliphatic hydroxyl groups excluding tert-OH is 1. The first-order valence-electron chi connectivity index (χ1n) is 4.55. The maximum absolute atomic E-state index is 9.49. The lowest BCUT2D eigenvalue weighted by molar-refractivity contribution is 0.00597. The van der Waals surface area contributed by atoms with E-state index in [-0.39, 0.29) is 0 Å². The van der Waals surface area contributed by atoms with Gasteiger partial charge in [0, 0.05) is 19.5 Å². The third kappa shape index (κ3) is 4.36. The van der Waals surface area contributed by atoms with Gasteiger partial charge < -0.3 is 14.6 Å². The molecule has 1 aromatic heterocycles. The zero-order chi connectivity index (χ0) is 10.2. The van der Waals surface area contributed by atoms with Crippen molar-refractivity contribution in [2.24, 2.45) is 0 Å². The second-order valence-electron chi connectivity index (χ2n) is 2.95. The Labute approximate surface area is 83.2 Å². The number of rotatable bonds is 7. The number of ether oxygens (including phenoxy) is 2. The molecule has 0 radical (unpaired) electrons. The van der Waals surface area contributed by atoms with Gasteiger partial charge in [-0.2, -0.15) is 5.10 Å². The van der Waals surface area contributed by atoms with Crippen molar-refractivity contribution in [2.45, 2.75) is 12.6 Å². The zero-order valence-electron chi connectivity index (χ0n) is 8.30. The van der Waals surface area contributed by atoms with Crippen LogP contribution in [0.5, 0.6) is 0 Å². The third-order valence-corrected chi connectivity index (χ3v) is 1.70. The lowest BCUT2D eigenvalue weighted by atomic mass is 10.4. The van der Waals surface area contributed by atoms with Crippen LogP contribution in [0.25, 0.3) is 0 Å². The normalized spacial score (nSPS) is 13.0. The Morgan fingerprint density at radius 3 is 3.00 bits per heavy atom.